The van der Waals surface area contributed by atoms with E-state index in [0.29, 0.717) is 6.42 Å². The number of H-pyrrole nitrogens is 1. The van der Waals surface area contributed by atoms with Crippen molar-refractivity contribution in [2.24, 2.45) is 5.73 Å². The maximum atomic E-state index is 11.4. The van der Waals surface area contributed by atoms with Crippen LogP contribution in [0, 0.1) is 0 Å². The molecule has 0 saturated carbocycles. The van der Waals surface area contributed by atoms with Gasteiger partial charge in [0.1, 0.15) is 0 Å². The molecule has 0 saturated heterocycles. The first-order chi connectivity index (χ1) is 6.65. The van der Waals surface area contributed by atoms with Gasteiger partial charge in [0.05, 0.1) is 19.5 Å². The molecule has 0 fully saturated rings. The Labute approximate surface area is 82.0 Å². The lowest BCUT2D eigenvalue weighted by atomic mass is 10.1. The Balaban J connectivity index is 2.50. The van der Waals surface area contributed by atoms with Crippen LogP contribution in [-0.2, 0) is 16.1 Å². The zero-order chi connectivity index (χ0) is 10.6. The van der Waals surface area contributed by atoms with Gasteiger partial charge in [-0.25, -0.2) is 10.0 Å². The van der Waals surface area contributed by atoms with Crippen LogP contribution in [0.2, 0.25) is 0 Å². The molecular formula is C8H14N4O2. The smallest absolute Gasteiger partial charge is 0.263 e. The number of amides is 1. The third-order valence-corrected chi connectivity index (χ3v) is 1.90. The Morgan fingerprint density at radius 2 is 2.57 bits per heavy atom. The van der Waals surface area contributed by atoms with Gasteiger partial charge in [-0.2, -0.15) is 0 Å². The van der Waals surface area contributed by atoms with Crippen LogP contribution in [-0.4, -0.2) is 41.1 Å². The molecule has 1 heterocycles. The summed E-state index contributed by atoms with van der Waals surface area (Å²) in [6, 6.07) is -0.611. The first kappa shape index (κ1) is 10.7. The number of hydrogen-bond acceptors (Lipinski definition) is 4. The van der Waals surface area contributed by atoms with E-state index in [-0.39, 0.29) is 5.91 Å². The lowest BCUT2D eigenvalue weighted by Crippen LogP contribution is -2.42. The fourth-order valence-corrected chi connectivity index (χ4v) is 1.04. The van der Waals surface area contributed by atoms with Crippen molar-refractivity contribution in [3.8, 4) is 0 Å². The summed E-state index contributed by atoms with van der Waals surface area (Å²) in [6.45, 7) is 0. The number of aromatic amines is 1. The maximum Gasteiger partial charge on any atom is 0.263 e. The molecule has 78 valence electrons. The summed E-state index contributed by atoms with van der Waals surface area (Å²) in [5.74, 6) is -0.262. The monoisotopic (exact) mass is 198 g/mol. The lowest BCUT2D eigenvalue weighted by Gasteiger charge is -2.17. The molecule has 0 bridgehead atoms. The Hall–Kier alpha value is -1.40. The van der Waals surface area contributed by atoms with Crippen LogP contribution < -0.4 is 5.73 Å². The van der Waals surface area contributed by atoms with Gasteiger partial charge < -0.3 is 10.7 Å². The minimum absolute atomic E-state index is 0.262. The van der Waals surface area contributed by atoms with Gasteiger partial charge in [0, 0.05) is 25.4 Å². The molecule has 0 aliphatic heterocycles. The molecule has 0 aliphatic carbocycles. The highest BCUT2D eigenvalue weighted by atomic mass is 16.7. The number of nitrogens with one attached hydrogen (secondary N) is 1. The van der Waals surface area contributed by atoms with Crippen LogP contribution in [0.25, 0.3) is 0 Å². The summed E-state index contributed by atoms with van der Waals surface area (Å²) in [5, 5.41) is 1.11. The Morgan fingerprint density at radius 1 is 1.86 bits per heavy atom. The highest BCUT2D eigenvalue weighted by Gasteiger charge is 2.18. The van der Waals surface area contributed by atoms with E-state index in [1.54, 1.807) is 12.5 Å². The van der Waals surface area contributed by atoms with Crippen molar-refractivity contribution < 1.29 is 9.63 Å². The number of carbonyl (C=O) groups is 1. The van der Waals surface area contributed by atoms with Gasteiger partial charge >= 0.3 is 0 Å². The summed E-state index contributed by atoms with van der Waals surface area (Å²) < 4.78 is 0. The molecular weight excluding hydrogens is 184 g/mol. The zero-order valence-electron chi connectivity index (χ0n) is 8.23. The normalized spacial score (nSPS) is 12.5. The molecule has 0 aromatic carbocycles. The number of nitrogens with two attached hydrogens (primary N) is 1. The second-order valence-corrected chi connectivity index (χ2v) is 2.91. The highest BCUT2D eigenvalue weighted by molar-refractivity contribution is 5.80. The SMILES string of the molecule is CON(C)C(=O)C(N)Cc1cnc[nH]1. The van der Waals surface area contributed by atoms with Gasteiger partial charge in [0.25, 0.3) is 5.91 Å². The molecule has 1 atom stereocenters. The van der Waals surface area contributed by atoms with Crippen molar-refractivity contribution in [2.45, 2.75) is 12.5 Å². The molecule has 1 aromatic heterocycles. The third kappa shape index (κ3) is 2.54. The van der Waals surface area contributed by atoms with Gasteiger partial charge in [0.15, 0.2) is 0 Å². The van der Waals surface area contributed by atoms with Gasteiger partial charge in [-0.15, -0.1) is 0 Å². The first-order valence-electron chi connectivity index (χ1n) is 4.19. The minimum atomic E-state index is -0.611. The number of aromatic nitrogens is 2. The van der Waals surface area contributed by atoms with Gasteiger partial charge in [-0.05, 0) is 0 Å². The van der Waals surface area contributed by atoms with Crippen molar-refractivity contribution >= 4 is 5.91 Å². The molecule has 6 heteroatoms. The molecule has 1 aromatic rings. The van der Waals surface area contributed by atoms with E-state index in [9.17, 15) is 4.79 Å². The molecule has 1 unspecified atom stereocenters. The van der Waals surface area contributed by atoms with E-state index < -0.39 is 6.04 Å². The van der Waals surface area contributed by atoms with Crippen LogP contribution in [0.4, 0.5) is 0 Å². The van der Waals surface area contributed by atoms with E-state index in [0.717, 1.165) is 10.8 Å². The molecule has 0 aliphatic rings. The largest absolute Gasteiger partial charge is 0.348 e. The van der Waals surface area contributed by atoms with Gasteiger partial charge in [0.2, 0.25) is 0 Å². The molecule has 14 heavy (non-hydrogen) atoms. The van der Waals surface area contributed by atoms with Crippen LogP contribution in [0.5, 0.6) is 0 Å². The van der Waals surface area contributed by atoms with Crippen LogP contribution in [0.1, 0.15) is 5.69 Å². The van der Waals surface area contributed by atoms with Crippen LogP contribution >= 0.6 is 0 Å². The molecule has 6 nitrogen and oxygen atoms in total. The van der Waals surface area contributed by atoms with Crippen molar-refractivity contribution in [1.29, 1.82) is 0 Å². The average Bonchev–Trinajstić information content (AvgIpc) is 2.68. The first-order valence-corrected chi connectivity index (χ1v) is 4.19. The molecule has 0 radical (unpaired) electrons. The third-order valence-electron chi connectivity index (χ3n) is 1.90. The number of likely N-dealkylation sites (N-methyl/N-ethyl adjacent to an activating group) is 1. The second-order valence-electron chi connectivity index (χ2n) is 2.91. The predicted octanol–water partition coefficient (Wildman–Crippen LogP) is -0.701. The van der Waals surface area contributed by atoms with E-state index in [1.807, 2.05) is 0 Å². The fourth-order valence-electron chi connectivity index (χ4n) is 1.04. The summed E-state index contributed by atoms with van der Waals surface area (Å²) in [5.41, 5.74) is 6.49. The highest BCUT2D eigenvalue weighted by Crippen LogP contribution is 1.99. The molecule has 0 spiro atoms. The summed E-state index contributed by atoms with van der Waals surface area (Å²) in [6.07, 6.45) is 3.61. The summed E-state index contributed by atoms with van der Waals surface area (Å²) in [7, 11) is 2.94. The Morgan fingerprint density at radius 3 is 3.07 bits per heavy atom. The topological polar surface area (TPSA) is 84.2 Å². The fraction of sp³-hybridized carbons (Fsp3) is 0.500. The number of rotatable bonds is 4. The Bertz CT molecular complexity index is 286. The molecule has 1 rings (SSSR count). The van der Waals surface area contributed by atoms with Gasteiger partial charge in [-0.3, -0.25) is 9.63 Å². The number of hydroxylamine groups is 2. The maximum absolute atomic E-state index is 11.4. The van der Waals surface area contributed by atoms with Crippen LogP contribution in [0.15, 0.2) is 12.5 Å². The van der Waals surface area contributed by atoms with E-state index >= 15 is 0 Å². The number of nitrogens with zero attached hydrogens (tertiary/aromatic N) is 2. The zero-order valence-corrected chi connectivity index (χ0v) is 8.23. The van der Waals surface area contributed by atoms with Crippen molar-refractivity contribution in [2.75, 3.05) is 14.2 Å². The van der Waals surface area contributed by atoms with E-state index in [1.165, 1.54) is 14.2 Å². The lowest BCUT2D eigenvalue weighted by molar-refractivity contribution is -0.170. The summed E-state index contributed by atoms with van der Waals surface area (Å²) in [4.78, 5) is 22.9. The summed E-state index contributed by atoms with van der Waals surface area (Å²) >= 11 is 0. The standard InChI is InChI=1S/C8H14N4O2/c1-12(14-2)8(13)7(9)3-6-4-10-5-11-6/h4-5,7H,3,9H2,1-2H3,(H,10,11). The van der Waals surface area contributed by atoms with Gasteiger partial charge in [-0.1, -0.05) is 0 Å². The second kappa shape index (κ2) is 4.73. The number of carbonyl (C=O) groups excluding carboxylic acids is 1. The molecule has 3 N–H and O–H groups in total. The van der Waals surface area contributed by atoms with Crippen molar-refractivity contribution in [1.82, 2.24) is 15.0 Å². The van der Waals surface area contributed by atoms with Crippen molar-refractivity contribution in [3.63, 3.8) is 0 Å². The van der Waals surface area contributed by atoms with Crippen LogP contribution in [0.3, 0.4) is 0 Å². The quantitative estimate of drug-likeness (QED) is 0.626. The van der Waals surface area contributed by atoms with E-state index in [2.05, 4.69) is 9.97 Å². The number of imidazole rings is 1. The van der Waals surface area contributed by atoms with E-state index in [4.69, 9.17) is 10.6 Å². The average molecular weight is 198 g/mol. The Kier molecular flexibility index (Phi) is 3.61. The van der Waals surface area contributed by atoms with Crippen molar-refractivity contribution in [3.05, 3.63) is 18.2 Å². The molecule has 1 amide bonds. The predicted molar refractivity (Wildman–Crippen MR) is 50.0 cm³/mol. The minimum Gasteiger partial charge on any atom is -0.348 e. The number of hydrogen-bond donors (Lipinski definition) is 2.